The van der Waals surface area contributed by atoms with E-state index in [1.807, 2.05) is 22.7 Å². The summed E-state index contributed by atoms with van der Waals surface area (Å²) >= 11 is 3.67. The first-order valence-electron chi connectivity index (χ1n) is 17.2. The van der Waals surface area contributed by atoms with Crippen molar-refractivity contribution in [2.24, 2.45) is 0 Å². The van der Waals surface area contributed by atoms with Gasteiger partial charge < -0.3 is 4.57 Å². The Kier molecular flexibility index (Phi) is 6.32. The summed E-state index contributed by atoms with van der Waals surface area (Å²) in [6.45, 7) is 0. The van der Waals surface area contributed by atoms with E-state index in [9.17, 15) is 0 Å². The molecule has 0 fully saturated rings. The second-order valence-corrected chi connectivity index (χ2v) is 15.2. The Hall–Kier alpha value is -6.07. The fourth-order valence-electron chi connectivity index (χ4n) is 7.87. The minimum absolute atomic E-state index is 1.04. The highest BCUT2D eigenvalue weighted by atomic mass is 32.1. The lowest BCUT2D eigenvalue weighted by atomic mass is 9.97. The van der Waals surface area contributed by atoms with Crippen LogP contribution in [0.1, 0.15) is 0 Å². The van der Waals surface area contributed by atoms with Crippen molar-refractivity contribution in [3.63, 3.8) is 0 Å². The molecule has 2 nitrogen and oxygen atoms in total. The molecule has 0 unspecified atom stereocenters. The Labute approximate surface area is 302 Å². The molecule has 0 aliphatic carbocycles. The third-order valence-electron chi connectivity index (χ3n) is 10.2. The molecule has 3 heterocycles. The van der Waals surface area contributed by atoms with Crippen LogP contribution >= 0.6 is 22.7 Å². The number of thiazole rings is 1. The van der Waals surface area contributed by atoms with E-state index in [1.165, 1.54) is 85.3 Å². The molecule has 0 radical (unpaired) electrons. The quantitative estimate of drug-likeness (QED) is 0.180. The van der Waals surface area contributed by atoms with Gasteiger partial charge in [0.05, 0.1) is 21.3 Å². The SMILES string of the molecule is c1ccc(-n2c3ccccc3c3c(-c4nc5c(s4)c(-c4ccc(-c6ccc7ccccc7c6)cc4)cc4sc6ccccc6c45)cccc32)cc1. The molecule has 0 spiro atoms. The third kappa shape index (κ3) is 4.44. The smallest absolute Gasteiger partial charge is 0.125 e. The summed E-state index contributed by atoms with van der Waals surface area (Å²) in [6.07, 6.45) is 0. The molecule has 0 amide bonds. The van der Waals surface area contributed by atoms with Gasteiger partial charge in [0.1, 0.15) is 5.01 Å². The van der Waals surface area contributed by atoms with Gasteiger partial charge in [0.15, 0.2) is 0 Å². The second kappa shape index (κ2) is 11.2. The van der Waals surface area contributed by atoms with Crippen LogP contribution in [0, 0.1) is 0 Å². The molecule has 0 bridgehead atoms. The summed E-state index contributed by atoms with van der Waals surface area (Å²) in [7, 11) is 0. The topological polar surface area (TPSA) is 17.8 Å². The van der Waals surface area contributed by atoms with E-state index in [0.29, 0.717) is 0 Å². The highest BCUT2D eigenvalue weighted by Gasteiger charge is 2.22. The first-order valence-corrected chi connectivity index (χ1v) is 18.8. The number of hydrogen-bond donors (Lipinski definition) is 0. The number of nitrogens with zero attached hydrogens (tertiary/aromatic N) is 2. The minimum Gasteiger partial charge on any atom is -0.309 e. The standard InChI is InChI=1S/C47H28N2S2/c1-2-13-34(14-3-1)49-39-18-8-6-15-35(39)43-37(17-10-19-40(43)49)47-48-45-44-36-16-7-9-20-41(36)50-42(44)28-38(46(45)51-47)31-24-21-30(22-25-31)33-26-23-29-11-4-5-12-32(29)27-33/h1-28H. The maximum absolute atomic E-state index is 5.57. The van der Waals surface area contributed by atoms with E-state index in [-0.39, 0.29) is 0 Å². The molecule has 11 rings (SSSR count). The summed E-state index contributed by atoms with van der Waals surface area (Å²) in [5, 5.41) is 8.57. The predicted molar refractivity (Wildman–Crippen MR) is 221 cm³/mol. The van der Waals surface area contributed by atoms with Gasteiger partial charge in [0, 0.05) is 47.8 Å². The molecular formula is C47H28N2S2. The fraction of sp³-hybridized carbons (Fsp3) is 0. The molecule has 0 saturated heterocycles. The van der Waals surface area contributed by atoms with Gasteiger partial charge in [-0.2, -0.15) is 0 Å². The van der Waals surface area contributed by atoms with Crippen molar-refractivity contribution in [1.82, 2.24) is 9.55 Å². The zero-order valence-corrected chi connectivity index (χ0v) is 29.0. The van der Waals surface area contributed by atoms with Gasteiger partial charge >= 0.3 is 0 Å². The third-order valence-corrected chi connectivity index (χ3v) is 12.5. The molecule has 238 valence electrons. The lowest BCUT2D eigenvalue weighted by molar-refractivity contribution is 1.18. The van der Waals surface area contributed by atoms with Gasteiger partial charge in [-0.3, -0.25) is 0 Å². The highest BCUT2D eigenvalue weighted by Crippen LogP contribution is 2.48. The maximum atomic E-state index is 5.57. The van der Waals surface area contributed by atoms with Crippen LogP contribution < -0.4 is 0 Å². The van der Waals surface area contributed by atoms with Crippen LogP contribution in [-0.2, 0) is 0 Å². The fourth-order valence-corrected chi connectivity index (χ4v) is 10.2. The maximum Gasteiger partial charge on any atom is 0.125 e. The molecule has 0 aliphatic heterocycles. The Morgan fingerprint density at radius 3 is 2.02 bits per heavy atom. The Morgan fingerprint density at radius 2 is 1.14 bits per heavy atom. The number of fused-ring (bicyclic) bond motifs is 9. The molecule has 51 heavy (non-hydrogen) atoms. The Balaban J connectivity index is 1.14. The Bertz CT molecular complexity index is 3130. The van der Waals surface area contributed by atoms with E-state index >= 15 is 0 Å². The van der Waals surface area contributed by atoms with Crippen LogP contribution in [0.2, 0.25) is 0 Å². The summed E-state index contributed by atoms with van der Waals surface area (Å²) in [5.74, 6) is 0. The van der Waals surface area contributed by atoms with Gasteiger partial charge in [-0.25, -0.2) is 4.98 Å². The van der Waals surface area contributed by atoms with Crippen molar-refractivity contribution in [2.75, 3.05) is 0 Å². The zero-order chi connectivity index (χ0) is 33.5. The number of rotatable bonds is 4. The second-order valence-electron chi connectivity index (χ2n) is 13.1. The zero-order valence-electron chi connectivity index (χ0n) is 27.4. The summed E-state index contributed by atoms with van der Waals surface area (Å²) < 4.78 is 6.17. The molecule has 4 heteroatoms. The average Bonchev–Trinajstić information content (AvgIpc) is 3.90. The number of aromatic nitrogens is 2. The summed E-state index contributed by atoms with van der Waals surface area (Å²) in [6, 6.07) is 61.7. The largest absolute Gasteiger partial charge is 0.309 e. The van der Waals surface area contributed by atoms with Gasteiger partial charge in [-0.05, 0) is 69.9 Å². The van der Waals surface area contributed by atoms with Gasteiger partial charge in [-0.1, -0.05) is 127 Å². The van der Waals surface area contributed by atoms with Crippen molar-refractivity contribution in [1.29, 1.82) is 0 Å². The number of hydrogen-bond acceptors (Lipinski definition) is 3. The number of para-hydroxylation sites is 2. The van der Waals surface area contributed by atoms with Crippen molar-refractivity contribution < 1.29 is 0 Å². The van der Waals surface area contributed by atoms with Gasteiger partial charge in [0.2, 0.25) is 0 Å². The van der Waals surface area contributed by atoms with Crippen LogP contribution in [-0.4, -0.2) is 9.55 Å². The number of thiophene rings is 1. The van der Waals surface area contributed by atoms with Crippen molar-refractivity contribution >= 4 is 85.6 Å². The average molecular weight is 685 g/mol. The van der Waals surface area contributed by atoms with Crippen molar-refractivity contribution in [3.05, 3.63) is 170 Å². The lowest BCUT2D eigenvalue weighted by Gasteiger charge is -2.08. The molecule has 3 aromatic heterocycles. The highest BCUT2D eigenvalue weighted by molar-refractivity contribution is 7.26. The summed E-state index contributed by atoms with van der Waals surface area (Å²) in [4.78, 5) is 5.57. The molecule has 0 N–H and O–H groups in total. The monoisotopic (exact) mass is 684 g/mol. The van der Waals surface area contributed by atoms with Gasteiger partial charge in [-0.15, -0.1) is 22.7 Å². The van der Waals surface area contributed by atoms with Crippen molar-refractivity contribution in [2.45, 2.75) is 0 Å². The van der Waals surface area contributed by atoms with E-state index in [1.54, 1.807) is 0 Å². The minimum atomic E-state index is 1.04. The predicted octanol–water partition coefficient (Wildman–Crippen LogP) is 13.9. The molecule has 0 aliphatic rings. The van der Waals surface area contributed by atoms with Crippen LogP contribution in [0.15, 0.2) is 170 Å². The lowest BCUT2D eigenvalue weighted by Crippen LogP contribution is -1.92. The first kappa shape index (κ1) is 28.7. The first-order chi connectivity index (χ1) is 25.3. The molecule has 8 aromatic carbocycles. The molecule has 0 atom stereocenters. The van der Waals surface area contributed by atoms with E-state index in [0.717, 1.165) is 16.2 Å². The van der Waals surface area contributed by atoms with Crippen LogP contribution in [0.4, 0.5) is 0 Å². The number of benzene rings is 8. The van der Waals surface area contributed by atoms with Crippen molar-refractivity contribution in [3.8, 4) is 38.5 Å². The summed E-state index contributed by atoms with van der Waals surface area (Å²) in [5.41, 5.74) is 10.7. The van der Waals surface area contributed by atoms with Crippen LogP contribution in [0.25, 0.3) is 101 Å². The van der Waals surface area contributed by atoms with E-state index in [2.05, 4.69) is 174 Å². The van der Waals surface area contributed by atoms with Crippen LogP contribution in [0.3, 0.4) is 0 Å². The normalized spacial score (nSPS) is 11.9. The van der Waals surface area contributed by atoms with E-state index < -0.39 is 0 Å². The van der Waals surface area contributed by atoms with E-state index in [4.69, 9.17) is 4.98 Å². The van der Waals surface area contributed by atoms with Crippen LogP contribution in [0.5, 0.6) is 0 Å². The van der Waals surface area contributed by atoms with Gasteiger partial charge in [0.25, 0.3) is 0 Å². The molecule has 11 aromatic rings. The Morgan fingerprint density at radius 1 is 0.431 bits per heavy atom. The molecule has 0 saturated carbocycles. The molecular weight excluding hydrogens is 657 g/mol.